The number of hydrogen-bond acceptors (Lipinski definition) is 5. The standard InChI is InChI=1S/C23H25N3O5/c1-14(17-9-5-7-15-6-3-4-8-18(15)17)24-19(27)13-31-20(28)12-26-21(29)23(2,16-10-11-16)25-22(26)30/h3-9,14,16H,10-13H2,1-2H3,(H,24,27)(H,25,30)/t14-,23-/m1/s1. The minimum absolute atomic E-state index is 0.103. The average molecular weight is 423 g/mol. The minimum atomic E-state index is -0.956. The van der Waals surface area contributed by atoms with E-state index < -0.39 is 42.5 Å². The van der Waals surface area contributed by atoms with Gasteiger partial charge in [-0.15, -0.1) is 0 Å². The van der Waals surface area contributed by atoms with Gasteiger partial charge in [0.2, 0.25) is 0 Å². The summed E-state index contributed by atoms with van der Waals surface area (Å²) in [6.45, 7) is 2.53. The lowest BCUT2D eigenvalue weighted by Crippen LogP contribution is -2.46. The van der Waals surface area contributed by atoms with Crippen LogP contribution in [0.5, 0.6) is 0 Å². The van der Waals surface area contributed by atoms with E-state index in [4.69, 9.17) is 4.74 Å². The molecule has 0 unspecified atom stereocenters. The molecule has 4 rings (SSSR count). The van der Waals surface area contributed by atoms with Crippen molar-refractivity contribution in [1.82, 2.24) is 15.5 Å². The summed E-state index contributed by atoms with van der Waals surface area (Å²) in [4.78, 5) is 50.0. The molecule has 2 atom stereocenters. The highest BCUT2D eigenvalue weighted by Crippen LogP contribution is 2.42. The highest BCUT2D eigenvalue weighted by Gasteiger charge is 2.56. The van der Waals surface area contributed by atoms with Crippen molar-refractivity contribution in [2.75, 3.05) is 13.2 Å². The zero-order valence-corrected chi connectivity index (χ0v) is 17.5. The van der Waals surface area contributed by atoms with Gasteiger partial charge in [-0.05, 0) is 48.9 Å². The first-order valence-electron chi connectivity index (χ1n) is 10.4. The number of imide groups is 1. The fourth-order valence-electron chi connectivity index (χ4n) is 4.11. The first kappa shape index (κ1) is 20.8. The van der Waals surface area contributed by atoms with Crippen LogP contribution in [0.3, 0.4) is 0 Å². The Morgan fingerprint density at radius 1 is 1.19 bits per heavy atom. The van der Waals surface area contributed by atoms with Gasteiger partial charge in [0.1, 0.15) is 12.1 Å². The van der Waals surface area contributed by atoms with Crippen LogP contribution < -0.4 is 10.6 Å². The fourth-order valence-corrected chi connectivity index (χ4v) is 4.11. The summed E-state index contributed by atoms with van der Waals surface area (Å²) in [6.07, 6.45) is 1.74. The molecule has 1 saturated carbocycles. The molecule has 1 aliphatic carbocycles. The number of carbonyl (C=O) groups excluding carboxylic acids is 4. The van der Waals surface area contributed by atoms with Crippen LogP contribution in [0.1, 0.15) is 38.3 Å². The van der Waals surface area contributed by atoms with E-state index >= 15 is 0 Å². The number of carbonyl (C=O) groups is 4. The Kier molecular flexibility index (Phi) is 5.39. The van der Waals surface area contributed by atoms with Gasteiger partial charge in [-0.1, -0.05) is 42.5 Å². The van der Waals surface area contributed by atoms with E-state index in [2.05, 4.69) is 10.6 Å². The van der Waals surface area contributed by atoms with Gasteiger partial charge >= 0.3 is 12.0 Å². The number of ether oxygens (including phenoxy) is 1. The van der Waals surface area contributed by atoms with E-state index in [1.807, 2.05) is 49.4 Å². The molecule has 8 nitrogen and oxygen atoms in total. The molecule has 4 amide bonds. The Balaban J connectivity index is 1.30. The number of nitrogens with zero attached hydrogens (tertiary/aromatic N) is 1. The molecule has 8 heteroatoms. The number of fused-ring (bicyclic) bond motifs is 1. The van der Waals surface area contributed by atoms with Crippen LogP contribution in [-0.2, 0) is 19.1 Å². The number of hydrogen-bond donors (Lipinski definition) is 2. The quantitative estimate of drug-likeness (QED) is 0.525. The molecule has 1 saturated heterocycles. The smallest absolute Gasteiger partial charge is 0.326 e. The minimum Gasteiger partial charge on any atom is -0.454 e. The summed E-state index contributed by atoms with van der Waals surface area (Å²) in [7, 11) is 0. The highest BCUT2D eigenvalue weighted by atomic mass is 16.5. The van der Waals surface area contributed by atoms with Crippen LogP contribution in [0.25, 0.3) is 10.8 Å². The third-order valence-corrected chi connectivity index (χ3v) is 6.01. The van der Waals surface area contributed by atoms with Crippen molar-refractivity contribution in [3.63, 3.8) is 0 Å². The Hall–Kier alpha value is -3.42. The summed E-state index contributed by atoms with van der Waals surface area (Å²) < 4.78 is 5.01. The molecule has 2 aliphatic rings. The van der Waals surface area contributed by atoms with Crippen molar-refractivity contribution in [2.24, 2.45) is 5.92 Å². The molecule has 2 N–H and O–H groups in total. The van der Waals surface area contributed by atoms with Crippen LogP contribution in [0.15, 0.2) is 42.5 Å². The van der Waals surface area contributed by atoms with Gasteiger partial charge in [-0.2, -0.15) is 0 Å². The van der Waals surface area contributed by atoms with Gasteiger partial charge in [0.15, 0.2) is 6.61 Å². The molecular weight excluding hydrogens is 398 g/mol. The van der Waals surface area contributed by atoms with Crippen LogP contribution in [0.2, 0.25) is 0 Å². The Morgan fingerprint density at radius 2 is 1.90 bits per heavy atom. The molecule has 162 valence electrons. The van der Waals surface area contributed by atoms with E-state index in [1.165, 1.54) is 0 Å². The van der Waals surface area contributed by atoms with Crippen LogP contribution in [0.4, 0.5) is 4.79 Å². The fraction of sp³-hybridized carbons (Fsp3) is 0.391. The molecule has 0 spiro atoms. The van der Waals surface area contributed by atoms with Gasteiger partial charge in [0, 0.05) is 0 Å². The van der Waals surface area contributed by atoms with Crippen molar-refractivity contribution in [2.45, 2.75) is 38.3 Å². The van der Waals surface area contributed by atoms with Gasteiger partial charge in [-0.25, -0.2) is 4.79 Å². The van der Waals surface area contributed by atoms with Crippen LogP contribution in [0, 0.1) is 5.92 Å². The van der Waals surface area contributed by atoms with Crippen molar-refractivity contribution < 1.29 is 23.9 Å². The molecule has 0 aromatic heterocycles. The Morgan fingerprint density at radius 3 is 2.65 bits per heavy atom. The number of benzene rings is 2. The topological polar surface area (TPSA) is 105 Å². The van der Waals surface area contributed by atoms with Gasteiger partial charge in [0.25, 0.3) is 11.8 Å². The molecule has 0 radical (unpaired) electrons. The van der Waals surface area contributed by atoms with Gasteiger partial charge < -0.3 is 15.4 Å². The van der Waals surface area contributed by atoms with Crippen molar-refractivity contribution in [3.8, 4) is 0 Å². The SMILES string of the molecule is C[C@@H](NC(=O)COC(=O)CN1C(=O)N[C@](C)(C2CC2)C1=O)c1cccc2ccccc12. The van der Waals surface area contributed by atoms with Crippen molar-refractivity contribution >= 4 is 34.6 Å². The summed E-state index contributed by atoms with van der Waals surface area (Å²) in [5.74, 6) is -1.59. The van der Waals surface area contributed by atoms with Crippen molar-refractivity contribution in [3.05, 3.63) is 48.0 Å². The first-order valence-corrected chi connectivity index (χ1v) is 10.4. The second kappa shape index (κ2) is 8.02. The molecule has 1 aliphatic heterocycles. The van der Waals surface area contributed by atoms with E-state index in [9.17, 15) is 19.2 Å². The number of esters is 1. The molecule has 2 aromatic carbocycles. The maximum absolute atomic E-state index is 12.6. The van der Waals surface area contributed by atoms with Crippen molar-refractivity contribution in [1.29, 1.82) is 0 Å². The number of nitrogens with one attached hydrogen (secondary N) is 2. The predicted molar refractivity (Wildman–Crippen MR) is 113 cm³/mol. The largest absolute Gasteiger partial charge is 0.454 e. The molecule has 2 fully saturated rings. The third-order valence-electron chi connectivity index (χ3n) is 6.01. The first-order chi connectivity index (χ1) is 14.8. The number of urea groups is 1. The third kappa shape index (κ3) is 4.10. The Labute approximate surface area is 179 Å². The normalized spacial score (nSPS) is 21.7. The average Bonchev–Trinajstić information content (AvgIpc) is 3.58. The van der Waals surface area contributed by atoms with E-state index in [0.29, 0.717) is 0 Å². The number of rotatable bonds is 7. The molecular formula is C23H25N3O5. The number of amides is 4. The van der Waals surface area contributed by atoms with Crippen LogP contribution in [-0.4, -0.2) is 47.4 Å². The summed E-state index contributed by atoms with van der Waals surface area (Å²) in [5, 5.41) is 7.59. The van der Waals surface area contributed by atoms with E-state index in [1.54, 1.807) is 6.92 Å². The molecule has 2 aromatic rings. The zero-order valence-electron chi connectivity index (χ0n) is 17.5. The highest BCUT2D eigenvalue weighted by molar-refractivity contribution is 6.08. The summed E-state index contributed by atoms with van der Waals surface area (Å²) >= 11 is 0. The maximum atomic E-state index is 12.6. The lowest BCUT2D eigenvalue weighted by Gasteiger charge is -2.20. The molecule has 0 bridgehead atoms. The lowest BCUT2D eigenvalue weighted by atomic mass is 9.96. The van der Waals surface area contributed by atoms with Crippen LogP contribution >= 0.6 is 0 Å². The second-order valence-electron chi connectivity index (χ2n) is 8.32. The second-order valence-corrected chi connectivity index (χ2v) is 8.32. The van der Waals surface area contributed by atoms with Gasteiger partial charge in [-0.3, -0.25) is 19.3 Å². The van der Waals surface area contributed by atoms with Gasteiger partial charge in [0.05, 0.1) is 6.04 Å². The predicted octanol–water partition coefficient (Wildman–Crippen LogP) is 2.28. The lowest BCUT2D eigenvalue weighted by molar-refractivity contribution is -0.151. The zero-order chi connectivity index (χ0) is 22.2. The van der Waals surface area contributed by atoms with E-state index in [0.717, 1.165) is 34.1 Å². The maximum Gasteiger partial charge on any atom is 0.326 e. The molecule has 31 heavy (non-hydrogen) atoms. The van der Waals surface area contributed by atoms with E-state index in [-0.39, 0.29) is 12.0 Å². The molecule has 1 heterocycles. The Bertz CT molecular complexity index is 1060. The summed E-state index contributed by atoms with van der Waals surface area (Å²) in [5.41, 5.74) is -0.000659. The summed E-state index contributed by atoms with van der Waals surface area (Å²) in [6, 6.07) is 12.8. The monoisotopic (exact) mass is 423 g/mol.